The van der Waals surface area contributed by atoms with Crippen LogP contribution in [0, 0.1) is 0 Å². The smallest absolute Gasteiger partial charge is 0.226 e. The van der Waals surface area contributed by atoms with Gasteiger partial charge in [-0.15, -0.1) is 11.3 Å². The van der Waals surface area contributed by atoms with Crippen molar-refractivity contribution in [2.24, 2.45) is 0 Å². The maximum atomic E-state index is 4.72. The number of hydrogen-bond donors (Lipinski definition) is 1. The van der Waals surface area contributed by atoms with Crippen LogP contribution >= 0.6 is 11.3 Å². The second-order valence-electron chi connectivity index (χ2n) is 6.00. The number of aromatic nitrogens is 4. The highest BCUT2D eigenvalue weighted by Crippen LogP contribution is 2.34. The van der Waals surface area contributed by atoms with E-state index in [0.717, 1.165) is 41.6 Å². The van der Waals surface area contributed by atoms with E-state index in [1.54, 1.807) is 11.3 Å². The molecule has 3 aromatic heterocycles. The summed E-state index contributed by atoms with van der Waals surface area (Å²) in [5.41, 5.74) is 1.06. The standard InChI is InChI=1S/C15H16N6S/c1-4-22-13-6-18-15(19-12(1)13)21-8-10-5-11(21)7-20(10)9-14-16-2-3-17-14/h1-4,6,10-11H,5,7-9H2,(H,16,17)/t10-,11-/m0/s1. The molecule has 3 aromatic rings. The number of thiophene rings is 1. The molecule has 6 nitrogen and oxygen atoms in total. The average molecular weight is 312 g/mol. The molecule has 0 radical (unpaired) electrons. The Morgan fingerprint density at radius 3 is 3.09 bits per heavy atom. The van der Waals surface area contributed by atoms with E-state index < -0.39 is 0 Å². The van der Waals surface area contributed by atoms with Crippen LogP contribution in [0.25, 0.3) is 10.2 Å². The number of rotatable bonds is 3. The Labute approximate surface area is 131 Å². The van der Waals surface area contributed by atoms with Crippen molar-refractivity contribution in [3.8, 4) is 0 Å². The molecule has 112 valence electrons. The molecule has 5 rings (SSSR count). The van der Waals surface area contributed by atoms with Gasteiger partial charge in [0, 0.05) is 37.6 Å². The topological polar surface area (TPSA) is 60.9 Å². The first-order valence-corrected chi connectivity index (χ1v) is 8.44. The summed E-state index contributed by atoms with van der Waals surface area (Å²) in [7, 11) is 0. The van der Waals surface area contributed by atoms with Crippen molar-refractivity contribution in [2.75, 3.05) is 18.0 Å². The fraction of sp³-hybridized carbons (Fsp3) is 0.400. The van der Waals surface area contributed by atoms with E-state index in [4.69, 9.17) is 4.98 Å². The van der Waals surface area contributed by atoms with Gasteiger partial charge in [-0.05, 0) is 17.9 Å². The summed E-state index contributed by atoms with van der Waals surface area (Å²) in [5.74, 6) is 1.94. The van der Waals surface area contributed by atoms with Crippen LogP contribution in [0.15, 0.2) is 30.0 Å². The number of nitrogens with one attached hydrogen (secondary N) is 1. The van der Waals surface area contributed by atoms with E-state index in [1.807, 2.05) is 18.6 Å². The van der Waals surface area contributed by atoms with E-state index >= 15 is 0 Å². The Balaban J connectivity index is 1.35. The highest BCUT2D eigenvalue weighted by Gasteiger charge is 2.44. The summed E-state index contributed by atoms with van der Waals surface area (Å²) in [6.45, 7) is 2.99. The van der Waals surface area contributed by atoms with Crippen LogP contribution in [-0.4, -0.2) is 50.0 Å². The van der Waals surface area contributed by atoms with Crippen LogP contribution in [0.3, 0.4) is 0 Å². The lowest BCUT2D eigenvalue weighted by molar-refractivity contribution is 0.225. The number of nitrogens with zero attached hydrogens (tertiary/aromatic N) is 5. The van der Waals surface area contributed by atoms with E-state index in [9.17, 15) is 0 Å². The molecule has 2 saturated heterocycles. The zero-order valence-electron chi connectivity index (χ0n) is 12.0. The lowest BCUT2D eigenvalue weighted by Gasteiger charge is -2.33. The van der Waals surface area contributed by atoms with Gasteiger partial charge < -0.3 is 9.88 Å². The zero-order valence-corrected chi connectivity index (χ0v) is 12.8. The number of piperazine rings is 1. The molecule has 2 atom stereocenters. The minimum atomic E-state index is 0.524. The van der Waals surface area contributed by atoms with Crippen molar-refractivity contribution in [1.82, 2.24) is 24.8 Å². The first-order chi connectivity index (χ1) is 10.9. The monoisotopic (exact) mass is 312 g/mol. The molecule has 22 heavy (non-hydrogen) atoms. The third-order valence-electron chi connectivity index (χ3n) is 4.71. The average Bonchev–Trinajstić information content (AvgIpc) is 3.30. The molecule has 0 aliphatic carbocycles. The van der Waals surface area contributed by atoms with Crippen LogP contribution in [0.2, 0.25) is 0 Å². The van der Waals surface area contributed by atoms with E-state index in [2.05, 4.69) is 36.2 Å². The minimum Gasteiger partial charge on any atom is -0.348 e. The minimum absolute atomic E-state index is 0.524. The van der Waals surface area contributed by atoms with Gasteiger partial charge in [0.15, 0.2) is 0 Å². The van der Waals surface area contributed by atoms with Gasteiger partial charge in [0.05, 0.1) is 23.0 Å². The molecule has 2 aliphatic rings. The molecule has 2 bridgehead atoms. The maximum Gasteiger partial charge on any atom is 0.226 e. The molecule has 2 fully saturated rings. The summed E-state index contributed by atoms with van der Waals surface area (Å²) in [4.78, 5) is 21.7. The van der Waals surface area contributed by atoms with Crippen molar-refractivity contribution in [3.63, 3.8) is 0 Å². The normalized spacial score (nSPS) is 24.6. The van der Waals surface area contributed by atoms with Crippen molar-refractivity contribution < 1.29 is 0 Å². The lowest BCUT2D eigenvalue weighted by atomic mass is 10.2. The zero-order chi connectivity index (χ0) is 14.5. The van der Waals surface area contributed by atoms with Gasteiger partial charge in [-0.2, -0.15) is 0 Å². The van der Waals surface area contributed by atoms with Crippen LogP contribution in [0.1, 0.15) is 12.2 Å². The number of anilines is 1. The number of imidazole rings is 1. The van der Waals surface area contributed by atoms with Crippen molar-refractivity contribution in [1.29, 1.82) is 0 Å². The second-order valence-corrected chi connectivity index (χ2v) is 6.95. The summed E-state index contributed by atoms with van der Waals surface area (Å²) < 4.78 is 1.16. The fourth-order valence-corrected chi connectivity index (χ4v) is 4.35. The van der Waals surface area contributed by atoms with Crippen LogP contribution in [0.5, 0.6) is 0 Å². The Morgan fingerprint density at radius 2 is 2.27 bits per heavy atom. The predicted octanol–water partition coefficient (Wildman–Crippen LogP) is 1.88. The van der Waals surface area contributed by atoms with Gasteiger partial charge in [0.1, 0.15) is 5.82 Å². The molecule has 0 saturated carbocycles. The summed E-state index contributed by atoms with van der Waals surface area (Å²) in [6.07, 6.45) is 6.86. The van der Waals surface area contributed by atoms with Gasteiger partial charge in [0.2, 0.25) is 5.95 Å². The van der Waals surface area contributed by atoms with Gasteiger partial charge in [-0.25, -0.2) is 15.0 Å². The van der Waals surface area contributed by atoms with Gasteiger partial charge in [-0.3, -0.25) is 4.90 Å². The Morgan fingerprint density at radius 1 is 1.27 bits per heavy atom. The number of hydrogen-bond acceptors (Lipinski definition) is 6. The lowest BCUT2D eigenvalue weighted by Crippen LogP contribution is -2.46. The molecule has 5 heterocycles. The third kappa shape index (κ3) is 1.93. The summed E-state index contributed by atoms with van der Waals surface area (Å²) in [5, 5.41) is 2.07. The number of likely N-dealkylation sites (tertiary alicyclic amines) is 1. The Kier molecular flexibility index (Phi) is 2.71. The number of fused-ring (bicyclic) bond motifs is 3. The summed E-state index contributed by atoms with van der Waals surface area (Å²) in [6, 6.07) is 3.18. The molecular weight excluding hydrogens is 296 g/mol. The van der Waals surface area contributed by atoms with Crippen molar-refractivity contribution in [3.05, 3.63) is 35.9 Å². The second kappa shape index (κ2) is 4.76. The van der Waals surface area contributed by atoms with Crippen LogP contribution < -0.4 is 4.90 Å². The highest BCUT2D eigenvalue weighted by molar-refractivity contribution is 7.17. The largest absolute Gasteiger partial charge is 0.348 e. The number of aromatic amines is 1. The van der Waals surface area contributed by atoms with E-state index in [1.165, 1.54) is 6.42 Å². The van der Waals surface area contributed by atoms with Crippen molar-refractivity contribution >= 4 is 27.5 Å². The Bertz CT molecular complexity index is 797. The molecule has 0 amide bonds. The molecule has 7 heteroatoms. The first kappa shape index (κ1) is 12.5. The van der Waals surface area contributed by atoms with Gasteiger partial charge in [-0.1, -0.05) is 0 Å². The molecule has 1 N–H and O–H groups in total. The van der Waals surface area contributed by atoms with E-state index in [0.29, 0.717) is 12.1 Å². The van der Waals surface area contributed by atoms with Crippen LogP contribution in [-0.2, 0) is 6.54 Å². The van der Waals surface area contributed by atoms with Crippen LogP contribution in [0.4, 0.5) is 5.95 Å². The fourth-order valence-electron chi connectivity index (χ4n) is 3.66. The third-order valence-corrected chi connectivity index (χ3v) is 5.55. The SMILES string of the molecule is c1c[nH]c(CN2C[C@@H]3C[C@H]2CN3c2ncc3sccc3n2)n1. The Hall–Kier alpha value is -1.99. The van der Waals surface area contributed by atoms with E-state index in [-0.39, 0.29) is 0 Å². The quantitative estimate of drug-likeness (QED) is 0.800. The highest BCUT2D eigenvalue weighted by atomic mass is 32.1. The molecular formula is C15H16N6S. The molecule has 0 unspecified atom stereocenters. The van der Waals surface area contributed by atoms with Gasteiger partial charge >= 0.3 is 0 Å². The van der Waals surface area contributed by atoms with Gasteiger partial charge in [0.25, 0.3) is 0 Å². The molecule has 0 aromatic carbocycles. The van der Waals surface area contributed by atoms with Crippen molar-refractivity contribution in [2.45, 2.75) is 25.0 Å². The summed E-state index contributed by atoms with van der Waals surface area (Å²) >= 11 is 1.69. The molecule has 0 spiro atoms. The predicted molar refractivity (Wildman–Crippen MR) is 86.0 cm³/mol. The molecule has 2 aliphatic heterocycles. The first-order valence-electron chi connectivity index (χ1n) is 7.56. The number of H-pyrrole nitrogens is 1. The maximum absolute atomic E-state index is 4.72.